The van der Waals surface area contributed by atoms with Gasteiger partial charge in [-0.25, -0.2) is 4.98 Å². The van der Waals surface area contributed by atoms with Crippen LogP contribution >= 0.6 is 0 Å². The lowest BCUT2D eigenvalue weighted by atomic mass is 10.0. The smallest absolute Gasteiger partial charge is 0.136 e. The van der Waals surface area contributed by atoms with Gasteiger partial charge in [-0.2, -0.15) is 0 Å². The van der Waals surface area contributed by atoms with Gasteiger partial charge in [0.15, 0.2) is 0 Å². The summed E-state index contributed by atoms with van der Waals surface area (Å²) in [5.74, 6) is 0.742. The molecule has 6 nitrogen and oxygen atoms in total. The van der Waals surface area contributed by atoms with Gasteiger partial charge in [-0.3, -0.25) is 0 Å². The summed E-state index contributed by atoms with van der Waals surface area (Å²) >= 11 is 0. The summed E-state index contributed by atoms with van der Waals surface area (Å²) in [6, 6.07) is 0. The van der Waals surface area contributed by atoms with Crippen LogP contribution in [-0.2, 0) is 6.54 Å². The first kappa shape index (κ1) is 21.9. The van der Waals surface area contributed by atoms with Crippen molar-refractivity contribution in [2.75, 3.05) is 0 Å². The largest absolute Gasteiger partial charge is 0.399 e. The molecule has 0 fully saturated rings. The van der Waals surface area contributed by atoms with Crippen molar-refractivity contribution in [3.63, 3.8) is 0 Å². The Bertz CT molecular complexity index is 833. The van der Waals surface area contributed by atoms with Crippen LogP contribution in [0.15, 0.2) is 54.0 Å². The van der Waals surface area contributed by atoms with E-state index in [1.54, 1.807) is 12.2 Å². The van der Waals surface area contributed by atoms with Crippen LogP contribution < -0.4 is 11.5 Å². The van der Waals surface area contributed by atoms with Crippen molar-refractivity contribution in [2.24, 2.45) is 11.5 Å². The highest BCUT2D eigenvalue weighted by atomic mass is 15.1. The molecule has 0 aliphatic carbocycles. The van der Waals surface area contributed by atoms with E-state index in [4.69, 9.17) is 27.3 Å². The van der Waals surface area contributed by atoms with Gasteiger partial charge < -0.3 is 26.9 Å². The van der Waals surface area contributed by atoms with Gasteiger partial charge in [0.25, 0.3) is 0 Å². The van der Waals surface area contributed by atoms with E-state index in [2.05, 4.69) is 20.1 Å². The number of hydrogen-bond acceptors (Lipinski definition) is 5. The van der Waals surface area contributed by atoms with Crippen molar-refractivity contribution >= 4 is 23.6 Å². The molecule has 0 spiro atoms. The zero-order valence-corrected chi connectivity index (χ0v) is 16.5. The molecular formula is C21H30N6. The lowest BCUT2D eigenvalue weighted by Crippen LogP contribution is -2.09. The first-order valence-electron chi connectivity index (χ1n) is 8.90. The third kappa shape index (κ3) is 5.41. The highest BCUT2D eigenvalue weighted by Crippen LogP contribution is 2.25. The molecule has 1 aromatic rings. The first-order valence-corrected chi connectivity index (χ1v) is 8.90. The molecule has 0 amide bonds. The quantitative estimate of drug-likeness (QED) is 0.370. The summed E-state index contributed by atoms with van der Waals surface area (Å²) in [6.07, 6.45) is 9.68. The molecule has 1 rings (SSSR count). The fourth-order valence-corrected chi connectivity index (χ4v) is 2.66. The van der Waals surface area contributed by atoms with Gasteiger partial charge in [0.05, 0.1) is 5.69 Å². The summed E-state index contributed by atoms with van der Waals surface area (Å²) in [5.41, 5.74) is 16.2. The number of allylic oxidation sites excluding steroid dienone is 5. The molecule has 0 aromatic carbocycles. The van der Waals surface area contributed by atoms with Crippen LogP contribution in [0.3, 0.4) is 0 Å². The summed E-state index contributed by atoms with van der Waals surface area (Å²) < 4.78 is 2.02. The second-order valence-corrected chi connectivity index (χ2v) is 6.18. The SMILES string of the molecule is C=C(N)C(=C)/C=C(N)\C(C=N)=C(/C)c1nc(/C(=C/C=N)CCC)cn1CC. The Morgan fingerprint density at radius 1 is 1.26 bits per heavy atom. The maximum absolute atomic E-state index is 7.81. The zero-order valence-electron chi connectivity index (χ0n) is 16.5. The van der Waals surface area contributed by atoms with E-state index < -0.39 is 0 Å². The van der Waals surface area contributed by atoms with Crippen molar-refractivity contribution in [1.29, 1.82) is 10.8 Å². The van der Waals surface area contributed by atoms with Gasteiger partial charge in [0, 0.05) is 47.7 Å². The summed E-state index contributed by atoms with van der Waals surface area (Å²) in [6.45, 7) is 14.2. The molecule has 0 atom stereocenters. The summed E-state index contributed by atoms with van der Waals surface area (Å²) in [7, 11) is 0. The number of nitrogens with zero attached hydrogens (tertiary/aromatic N) is 2. The predicted molar refractivity (Wildman–Crippen MR) is 116 cm³/mol. The molecule has 0 saturated carbocycles. The fourth-order valence-electron chi connectivity index (χ4n) is 2.66. The Kier molecular flexibility index (Phi) is 8.20. The van der Waals surface area contributed by atoms with E-state index in [0.29, 0.717) is 22.5 Å². The fraction of sp³-hybridized carbons (Fsp3) is 0.286. The van der Waals surface area contributed by atoms with Crippen LogP contribution in [0.4, 0.5) is 0 Å². The summed E-state index contributed by atoms with van der Waals surface area (Å²) in [4.78, 5) is 4.77. The minimum absolute atomic E-state index is 0.332. The molecule has 6 N–H and O–H groups in total. The van der Waals surface area contributed by atoms with E-state index in [1.807, 2.05) is 24.6 Å². The normalized spacial score (nSPS) is 13.1. The van der Waals surface area contributed by atoms with Gasteiger partial charge in [-0.05, 0) is 43.6 Å². The van der Waals surface area contributed by atoms with E-state index in [9.17, 15) is 0 Å². The van der Waals surface area contributed by atoms with Crippen LogP contribution in [0.25, 0.3) is 11.1 Å². The van der Waals surface area contributed by atoms with Gasteiger partial charge in [0.1, 0.15) is 5.82 Å². The van der Waals surface area contributed by atoms with E-state index in [-0.39, 0.29) is 0 Å². The van der Waals surface area contributed by atoms with Crippen molar-refractivity contribution in [2.45, 2.75) is 40.2 Å². The zero-order chi connectivity index (χ0) is 20.6. The molecule has 1 heterocycles. The molecule has 1 aromatic heterocycles. The maximum Gasteiger partial charge on any atom is 0.136 e. The summed E-state index contributed by atoms with van der Waals surface area (Å²) in [5, 5.41) is 15.2. The van der Waals surface area contributed by atoms with Crippen LogP contribution in [0.2, 0.25) is 0 Å². The molecule has 6 heteroatoms. The van der Waals surface area contributed by atoms with Crippen LogP contribution in [0, 0.1) is 10.8 Å². The molecule has 144 valence electrons. The first-order chi connectivity index (χ1) is 12.8. The molecule has 0 bridgehead atoms. The Morgan fingerprint density at radius 2 is 1.93 bits per heavy atom. The molecular weight excluding hydrogens is 336 g/mol. The third-order valence-corrected chi connectivity index (χ3v) is 4.19. The average Bonchev–Trinajstić information content (AvgIpc) is 3.06. The van der Waals surface area contributed by atoms with Gasteiger partial charge in [-0.15, -0.1) is 0 Å². The molecule has 0 aliphatic rings. The standard InChI is InChI=1S/C21H30N6/c1-6-8-17(9-10-22)20-13-27(7-2)21(26-20)15(4)18(12-23)19(25)11-14(3)16(5)24/h9-13,22-23H,3,5-8,24-25H2,1-2,4H3/b17-9+,18-15+,19-11+,22-10?,23-12?. The van der Waals surface area contributed by atoms with Crippen molar-refractivity contribution in [3.05, 3.63) is 65.6 Å². The number of nitrogens with two attached hydrogens (primary N) is 2. The molecule has 0 radical (unpaired) electrons. The number of aryl methyl sites for hydroxylation is 1. The maximum atomic E-state index is 7.81. The highest BCUT2D eigenvalue weighted by molar-refractivity contribution is 5.93. The Balaban J connectivity index is 3.52. The number of nitrogens with one attached hydrogen (secondary N) is 2. The lowest BCUT2D eigenvalue weighted by Gasteiger charge is -2.10. The number of imidazole rings is 1. The lowest BCUT2D eigenvalue weighted by molar-refractivity contribution is 0.747. The van der Waals surface area contributed by atoms with Crippen molar-refractivity contribution in [1.82, 2.24) is 9.55 Å². The average molecular weight is 367 g/mol. The number of aromatic nitrogens is 2. The van der Waals surface area contributed by atoms with Crippen LogP contribution in [-0.4, -0.2) is 22.0 Å². The van der Waals surface area contributed by atoms with Gasteiger partial charge in [0.2, 0.25) is 0 Å². The topological polar surface area (TPSA) is 118 Å². The molecule has 0 unspecified atom stereocenters. The van der Waals surface area contributed by atoms with Gasteiger partial charge in [-0.1, -0.05) is 26.5 Å². The second kappa shape index (κ2) is 10.1. The van der Waals surface area contributed by atoms with E-state index in [1.165, 1.54) is 12.4 Å². The van der Waals surface area contributed by atoms with Gasteiger partial charge >= 0.3 is 0 Å². The minimum Gasteiger partial charge on any atom is -0.399 e. The molecule has 0 aliphatic heterocycles. The molecule has 27 heavy (non-hydrogen) atoms. The highest BCUT2D eigenvalue weighted by Gasteiger charge is 2.15. The molecule has 0 saturated heterocycles. The third-order valence-electron chi connectivity index (χ3n) is 4.19. The number of rotatable bonds is 10. The second-order valence-electron chi connectivity index (χ2n) is 6.18. The van der Waals surface area contributed by atoms with E-state index in [0.717, 1.165) is 42.1 Å². The predicted octanol–water partition coefficient (Wildman–Crippen LogP) is 4.03. The Morgan fingerprint density at radius 3 is 2.41 bits per heavy atom. The van der Waals surface area contributed by atoms with Crippen molar-refractivity contribution in [3.8, 4) is 0 Å². The number of hydrogen-bond donors (Lipinski definition) is 4. The minimum atomic E-state index is 0.332. The Hall–Kier alpha value is -3.15. The monoisotopic (exact) mass is 366 g/mol. The van der Waals surface area contributed by atoms with E-state index >= 15 is 0 Å². The van der Waals surface area contributed by atoms with Crippen LogP contribution in [0.1, 0.15) is 45.1 Å². The Labute approximate surface area is 161 Å². The van der Waals surface area contributed by atoms with Crippen molar-refractivity contribution < 1.29 is 0 Å². The van der Waals surface area contributed by atoms with Crippen LogP contribution in [0.5, 0.6) is 0 Å².